The largest absolute Gasteiger partial charge is 0.447 e. The molecule has 0 heterocycles. The summed E-state index contributed by atoms with van der Waals surface area (Å²) >= 11 is 6.19. The van der Waals surface area contributed by atoms with Crippen LogP contribution in [0.2, 0.25) is 5.02 Å². The van der Waals surface area contributed by atoms with Crippen molar-refractivity contribution in [2.45, 2.75) is 43.9 Å². The Balaban J connectivity index is 1.20. The molecule has 4 fully saturated rings. The van der Waals surface area contributed by atoms with Crippen LogP contribution in [0.4, 0.5) is 10.5 Å². The van der Waals surface area contributed by atoms with Gasteiger partial charge in [0.1, 0.15) is 6.61 Å². The van der Waals surface area contributed by atoms with E-state index in [-0.39, 0.29) is 17.9 Å². The summed E-state index contributed by atoms with van der Waals surface area (Å²) in [6.07, 6.45) is 6.25. The Kier molecular flexibility index (Phi) is 6.33. The average molecular weight is 467 g/mol. The zero-order chi connectivity index (χ0) is 22.8. The zero-order valence-corrected chi connectivity index (χ0v) is 19.5. The summed E-state index contributed by atoms with van der Waals surface area (Å²) in [5, 5.41) is 6.40. The van der Waals surface area contributed by atoms with Gasteiger partial charge < -0.3 is 10.1 Å². The Labute approximate surface area is 200 Å². The van der Waals surface area contributed by atoms with E-state index in [1.807, 2.05) is 30.3 Å². The van der Waals surface area contributed by atoms with Crippen molar-refractivity contribution in [1.82, 2.24) is 5.32 Å². The molecule has 0 radical (unpaired) electrons. The van der Waals surface area contributed by atoms with E-state index in [0.29, 0.717) is 30.5 Å². The van der Waals surface area contributed by atoms with Gasteiger partial charge in [0.25, 0.3) is 0 Å². The summed E-state index contributed by atoms with van der Waals surface area (Å²) < 4.78 is 5.22. The molecule has 2 N–H and O–H groups in total. The van der Waals surface area contributed by atoms with Crippen molar-refractivity contribution < 1.29 is 14.3 Å². The third-order valence-corrected chi connectivity index (χ3v) is 8.36. The van der Waals surface area contributed by atoms with Crippen molar-refractivity contribution in [3.63, 3.8) is 0 Å². The standard InChI is InChI=1S/C27H31ClN2O3/c28-23-8-6-20(7-9-23)27(21-13-18-12-19(15-21)16-22(27)14-18)17-25(31)29-10-11-33-26(32)30-24-4-2-1-3-5-24/h1-9,18-19,21-22H,10-17H2,(H,29,31)(H,30,32). The topological polar surface area (TPSA) is 67.4 Å². The summed E-state index contributed by atoms with van der Waals surface area (Å²) in [5.74, 6) is 2.78. The van der Waals surface area contributed by atoms with E-state index in [1.165, 1.54) is 37.7 Å². The number of para-hydroxylation sites is 1. The van der Waals surface area contributed by atoms with Crippen LogP contribution in [0, 0.1) is 23.7 Å². The summed E-state index contributed by atoms with van der Waals surface area (Å²) in [5.41, 5.74) is 1.82. The number of anilines is 1. The van der Waals surface area contributed by atoms with Gasteiger partial charge in [0.05, 0.1) is 6.54 Å². The van der Waals surface area contributed by atoms with Crippen LogP contribution in [-0.2, 0) is 14.9 Å². The number of carbonyl (C=O) groups excluding carboxylic acids is 2. The quantitative estimate of drug-likeness (QED) is 0.507. The summed E-state index contributed by atoms with van der Waals surface area (Å²) in [4.78, 5) is 25.1. The molecule has 4 saturated carbocycles. The molecule has 4 aliphatic rings. The van der Waals surface area contributed by atoms with Gasteiger partial charge in [0.15, 0.2) is 0 Å². The normalized spacial score (nSPS) is 29.5. The highest BCUT2D eigenvalue weighted by Gasteiger charge is 2.58. The minimum atomic E-state index is -0.519. The molecule has 2 aromatic carbocycles. The molecule has 174 valence electrons. The van der Waals surface area contributed by atoms with Gasteiger partial charge >= 0.3 is 6.09 Å². The van der Waals surface area contributed by atoms with Crippen LogP contribution in [-0.4, -0.2) is 25.2 Å². The van der Waals surface area contributed by atoms with Crippen molar-refractivity contribution in [3.05, 3.63) is 65.2 Å². The smallest absolute Gasteiger partial charge is 0.411 e. The van der Waals surface area contributed by atoms with Crippen LogP contribution in [0.5, 0.6) is 0 Å². The molecule has 4 aliphatic carbocycles. The second-order valence-corrected chi connectivity index (χ2v) is 10.4. The second kappa shape index (κ2) is 9.38. The minimum Gasteiger partial charge on any atom is -0.447 e. The predicted molar refractivity (Wildman–Crippen MR) is 129 cm³/mol. The SMILES string of the molecule is O=C(CC1(c2ccc(Cl)cc2)C2CC3CC(C2)CC1C3)NCCOC(=O)Nc1ccccc1. The molecule has 6 rings (SSSR count). The maximum Gasteiger partial charge on any atom is 0.411 e. The Hall–Kier alpha value is -2.53. The average Bonchev–Trinajstić information content (AvgIpc) is 2.80. The number of rotatable bonds is 7. The van der Waals surface area contributed by atoms with Crippen molar-refractivity contribution in [2.75, 3.05) is 18.5 Å². The first-order valence-electron chi connectivity index (χ1n) is 12.0. The van der Waals surface area contributed by atoms with Crippen LogP contribution in [0.15, 0.2) is 54.6 Å². The number of hydrogen-bond donors (Lipinski definition) is 2. The highest BCUT2D eigenvalue weighted by Crippen LogP contribution is 2.64. The van der Waals surface area contributed by atoms with E-state index in [9.17, 15) is 9.59 Å². The number of halogens is 1. The van der Waals surface area contributed by atoms with E-state index in [2.05, 4.69) is 22.8 Å². The van der Waals surface area contributed by atoms with Crippen LogP contribution in [0.1, 0.15) is 44.1 Å². The van der Waals surface area contributed by atoms with Gasteiger partial charge in [0.2, 0.25) is 5.91 Å². The molecule has 0 atom stereocenters. The van der Waals surface area contributed by atoms with Gasteiger partial charge in [-0.25, -0.2) is 4.79 Å². The Bertz CT molecular complexity index is 964. The van der Waals surface area contributed by atoms with Crippen LogP contribution < -0.4 is 10.6 Å². The number of ether oxygens (including phenoxy) is 1. The van der Waals surface area contributed by atoms with Gasteiger partial charge in [-0.2, -0.15) is 0 Å². The Morgan fingerprint density at radius 2 is 1.55 bits per heavy atom. The Morgan fingerprint density at radius 1 is 0.909 bits per heavy atom. The first kappa shape index (κ1) is 22.3. The fourth-order valence-electron chi connectivity index (χ4n) is 6.99. The zero-order valence-electron chi connectivity index (χ0n) is 18.8. The van der Waals surface area contributed by atoms with Crippen molar-refractivity contribution in [3.8, 4) is 0 Å². The molecule has 2 aromatic rings. The fraction of sp³-hybridized carbons (Fsp3) is 0.481. The molecule has 33 heavy (non-hydrogen) atoms. The van der Waals surface area contributed by atoms with Crippen molar-refractivity contribution in [2.24, 2.45) is 23.7 Å². The lowest BCUT2D eigenvalue weighted by Crippen LogP contribution is -2.57. The molecule has 2 amide bonds. The Morgan fingerprint density at radius 3 is 2.18 bits per heavy atom. The molecular weight excluding hydrogens is 436 g/mol. The van der Waals surface area contributed by atoms with Gasteiger partial charge in [-0.3, -0.25) is 10.1 Å². The maximum absolute atomic E-state index is 13.1. The van der Waals surface area contributed by atoms with Gasteiger partial charge in [-0.15, -0.1) is 0 Å². The second-order valence-electron chi connectivity index (χ2n) is 10.0. The fourth-order valence-corrected chi connectivity index (χ4v) is 7.11. The van der Waals surface area contributed by atoms with Crippen molar-refractivity contribution >= 4 is 29.3 Å². The lowest BCUT2D eigenvalue weighted by atomic mass is 9.43. The van der Waals surface area contributed by atoms with Crippen LogP contribution >= 0.6 is 11.6 Å². The molecule has 0 spiro atoms. The minimum absolute atomic E-state index is 0.0319. The van der Waals surface area contributed by atoms with E-state index in [0.717, 1.165) is 16.9 Å². The molecule has 0 saturated heterocycles. The van der Waals surface area contributed by atoms with E-state index in [1.54, 1.807) is 12.1 Å². The maximum atomic E-state index is 13.1. The van der Waals surface area contributed by atoms with Crippen LogP contribution in [0.25, 0.3) is 0 Å². The monoisotopic (exact) mass is 466 g/mol. The predicted octanol–water partition coefficient (Wildman–Crippen LogP) is 5.79. The molecule has 0 aliphatic heterocycles. The number of amides is 2. The van der Waals surface area contributed by atoms with E-state index >= 15 is 0 Å². The lowest BCUT2D eigenvalue weighted by Gasteiger charge is -2.61. The summed E-state index contributed by atoms with van der Waals surface area (Å²) in [7, 11) is 0. The van der Waals surface area contributed by atoms with Gasteiger partial charge in [-0.1, -0.05) is 41.9 Å². The molecule has 0 unspecified atom stereocenters. The first-order chi connectivity index (χ1) is 16.0. The van der Waals surface area contributed by atoms with Crippen molar-refractivity contribution in [1.29, 1.82) is 0 Å². The summed E-state index contributed by atoms with van der Waals surface area (Å²) in [6.45, 7) is 0.438. The number of hydrogen-bond acceptors (Lipinski definition) is 3. The van der Waals surface area contributed by atoms with E-state index < -0.39 is 6.09 Å². The molecule has 0 aromatic heterocycles. The number of benzene rings is 2. The van der Waals surface area contributed by atoms with E-state index in [4.69, 9.17) is 16.3 Å². The first-order valence-corrected chi connectivity index (χ1v) is 12.4. The van der Waals surface area contributed by atoms with Crippen LogP contribution in [0.3, 0.4) is 0 Å². The molecule has 6 heteroatoms. The summed E-state index contributed by atoms with van der Waals surface area (Å²) in [6, 6.07) is 17.3. The lowest BCUT2D eigenvalue weighted by molar-refractivity contribution is -0.129. The number of carbonyl (C=O) groups is 2. The molecular formula is C27H31ClN2O3. The number of nitrogens with one attached hydrogen (secondary N) is 2. The van der Waals surface area contributed by atoms with Gasteiger partial charge in [-0.05, 0) is 85.6 Å². The third kappa shape index (κ3) is 4.61. The highest BCUT2D eigenvalue weighted by atomic mass is 35.5. The van der Waals surface area contributed by atoms with Gasteiger partial charge in [0, 0.05) is 22.5 Å². The molecule has 4 bridgehead atoms. The third-order valence-electron chi connectivity index (χ3n) is 8.11. The highest BCUT2D eigenvalue weighted by molar-refractivity contribution is 6.30. The molecule has 5 nitrogen and oxygen atoms in total.